The van der Waals surface area contributed by atoms with E-state index in [1.807, 2.05) is 18.2 Å². The molecule has 0 spiro atoms. The Morgan fingerprint density at radius 2 is 1.69 bits per heavy atom. The summed E-state index contributed by atoms with van der Waals surface area (Å²) in [7, 11) is -3.69. The average Bonchev–Trinajstić information content (AvgIpc) is 3.18. The molecule has 0 aliphatic carbocycles. The summed E-state index contributed by atoms with van der Waals surface area (Å²) in [6.45, 7) is -0.375. The van der Waals surface area contributed by atoms with Crippen molar-refractivity contribution in [3.8, 4) is 11.5 Å². The molecule has 2 aromatic carbocycles. The highest BCUT2D eigenvalue weighted by atomic mass is 32.2. The molecule has 0 saturated heterocycles. The van der Waals surface area contributed by atoms with Gasteiger partial charge in [0.1, 0.15) is 9.96 Å². The number of ether oxygens (including phenoxy) is 1. The molecule has 0 aliphatic heterocycles. The number of hydrogen-bond donors (Lipinski definition) is 2. The lowest BCUT2D eigenvalue weighted by atomic mass is 10.3. The Labute approximate surface area is 155 Å². The Kier molecular flexibility index (Phi) is 5.67. The average molecular weight is 388 g/mol. The molecule has 3 rings (SSSR count). The number of hydrogen-bond acceptors (Lipinski definition) is 5. The van der Waals surface area contributed by atoms with Gasteiger partial charge in [0.2, 0.25) is 5.91 Å². The molecule has 1 heterocycles. The molecule has 3 aromatic rings. The number of rotatable bonds is 7. The van der Waals surface area contributed by atoms with Crippen molar-refractivity contribution in [3.63, 3.8) is 0 Å². The molecule has 0 unspecified atom stereocenters. The fraction of sp³-hybridized carbons (Fsp3) is 0.0556. The Balaban J connectivity index is 1.65. The Bertz CT molecular complexity index is 971. The second kappa shape index (κ2) is 8.13. The lowest BCUT2D eigenvalue weighted by Crippen LogP contribution is -2.32. The van der Waals surface area contributed by atoms with E-state index in [-0.39, 0.29) is 10.8 Å². The summed E-state index contributed by atoms with van der Waals surface area (Å²) in [5.74, 6) is 0.606. The summed E-state index contributed by atoms with van der Waals surface area (Å²) >= 11 is 1.09. The predicted molar refractivity (Wildman–Crippen MR) is 101 cm³/mol. The van der Waals surface area contributed by atoms with E-state index >= 15 is 0 Å². The van der Waals surface area contributed by atoms with Gasteiger partial charge in [0.25, 0.3) is 10.0 Å². The Hall–Kier alpha value is -2.68. The molecule has 1 amide bonds. The molecule has 0 radical (unpaired) electrons. The van der Waals surface area contributed by atoms with Crippen molar-refractivity contribution in [2.75, 3.05) is 11.9 Å². The molecule has 6 nitrogen and oxygen atoms in total. The summed E-state index contributed by atoms with van der Waals surface area (Å²) in [6.07, 6.45) is 0. The van der Waals surface area contributed by atoms with Gasteiger partial charge in [-0.15, -0.1) is 11.3 Å². The molecule has 0 fully saturated rings. The van der Waals surface area contributed by atoms with Crippen LogP contribution in [0.25, 0.3) is 0 Å². The van der Waals surface area contributed by atoms with Crippen LogP contribution in [0.1, 0.15) is 0 Å². The van der Waals surface area contributed by atoms with E-state index in [4.69, 9.17) is 4.74 Å². The van der Waals surface area contributed by atoms with Crippen molar-refractivity contribution in [1.29, 1.82) is 0 Å². The van der Waals surface area contributed by atoms with Crippen LogP contribution in [0.15, 0.2) is 76.3 Å². The minimum atomic E-state index is -3.69. The minimum Gasteiger partial charge on any atom is -0.455 e. The topological polar surface area (TPSA) is 84.5 Å². The summed E-state index contributed by atoms with van der Waals surface area (Å²) in [5, 5.41) is 4.32. The van der Waals surface area contributed by atoms with Crippen LogP contribution < -0.4 is 14.8 Å². The first-order valence-corrected chi connectivity index (χ1v) is 10.1. The first-order valence-electron chi connectivity index (χ1n) is 7.69. The zero-order chi connectivity index (χ0) is 18.4. The lowest BCUT2D eigenvalue weighted by molar-refractivity contribution is -0.115. The number of carbonyl (C=O) groups excluding carboxylic acids is 1. The molecule has 8 heteroatoms. The molecule has 26 heavy (non-hydrogen) atoms. The van der Waals surface area contributed by atoms with E-state index in [2.05, 4.69) is 10.0 Å². The van der Waals surface area contributed by atoms with Gasteiger partial charge in [0.05, 0.1) is 12.2 Å². The van der Waals surface area contributed by atoms with Gasteiger partial charge < -0.3 is 10.1 Å². The molecule has 0 atom stereocenters. The van der Waals surface area contributed by atoms with Crippen LogP contribution in [0.2, 0.25) is 0 Å². The van der Waals surface area contributed by atoms with Gasteiger partial charge in [-0.2, -0.15) is 0 Å². The first kappa shape index (κ1) is 18.1. The van der Waals surface area contributed by atoms with Gasteiger partial charge in [-0.3, -0.25) is 4.79 Å². The summed E-state index contributed by atoms with van der Waals surface area (Å²) in [4.78, 5) is 12.1. The third-order valence-electron chi connectivity index (χ3n) is 3.31. The standard InChI is InChI=1S/C18H16N2O4S2/c21-17(13-19-26(22,23)18-11-6-12-25-18)20-15-9-4-5-10-16(15)24-14-7-2-1-3-8-14/h1-12,19H,13H2,(H,20,21). The van der Waals surface area contributed by atoms with E-state index in [0.29, 0.717) is 17.2 Å². The molecule has 134 valence electrons. The quantitative estimate of drug-likeness (QED) is 0.649. The number of carbonyl (C=O) groups is 1. The molecule has 0 bridgehead atoms. The van der Waals surface area contributed by atoms with Gasteiger partial charge in [-0.25, -0.2) is 13.1 Å². The normalized spacial score (nSPS) is 11.1. The van der Waals surface area contributed by atoms with Crippen molar-refractivity contribution >= 4 is 33.0 Å². The summed E-state index contributed by atoms with van der Waals surface area (Å²) in [5.41, 5.74) is 0.455. The third-order valence-corrected chi connectivity index (χ3v) is 6.11. The maximum Gasteiger partial charge on any atom is 0.250 e. The lowest BCUT2D eigenvalue weighted by Gasteiger charge is -2.12. The zero-order valence-corrected chi connectivity index (χ0v) is 15.2. The summed E-state index contributed by atoms with van der Waals surface area (Å²) < 4.78 is 32.3. The van der Waals surface area contributed by atoms with Crippen LogP contribution in [0.3, 0.4) is 0 Å². The van der Waals surface area contributed by atoms with E-state index < -0.39 is 15.9 Å². The molecule has 2 N–H and O–H groups in total. The molecule has 0 aliphatic rings. The second-order valence-electron chi connectivity index (χ2n) is 5.22. The predicted octanol–water partition coefficient (Wildman–Crippen LogP) is 3.46. The van der Waals surface area contributed by atoms with E-state index in [1.165, 1.54) is 6.07 Å². The van der Waals surface area contributed by atoms with Gasteiger partial charge in [-0.05, 0) is 35.7 Å². The monoisotopic (exact) mass is 388 g/mol. The highest BCUT2D eigenvalue weighted by Crippen LogP contribution is 2.29. The van der Waals surface area contributed by atoms with Gasteiger partial charge in [0.15, 0.2) is 5.75 Å². The van der Waals surface area contributed by atoms with E-state index in [9.17, 15) is 13.2 Å². The fourth-order valence-corrected chi connectivity index (χ4v) is 4.14. The van der Waals surface area contributed by atoms with Gasteiger partial charge >= 0.3 is 0 Å². The van der Waals surface area contributed by atoms with E-state index in [0.717, 1.165) is 11.3 Å². The van der Waals surface area contributed by atoms with Crippen LogP contribution in [-0.2, 0) is 14.8 Å². The minimum absolute atomic E-state index is 0.165. The van der Waals surface area contributed by atoms with Crippen molar-refractivity contribution < 1.29 is 17.9 Å². The number of amides is 1. The number of benzene rings is 2. The van der Waals surface area contributed by atoms with Gasteiger partial charge in [-0.1, -0.05) is 36.4 Å². The van der Waals surface area contributed by atoms with E-state index in [1.54, 1.807) is 47.8 Å². The maximum absolute atomic E-state index is 12.1. The number of thiophene rings is 1. The molecule has 1 aromatic heterocycles. The van der Waals surface area contributed by atoms with Crippen LogP contribution in [-0.4, -0.2) is 20.9 Å². The fourth-order valence-electron chi connectivity index (χ4n) is 2.12. The molecular formula is C18H16N2O4S2. The van der Waals surface area contributed by atoms with Crippen LogP contribution in [0, 0.1) is 0 Å². The Morgan fingerprint density at radius 1 is 0.962 bits per heavy atom. The first-order chi connectivity index (χ1) is 12.5. The number of anilines is 1. The van der Waals surface area contributed by atoms with Crippen LogP contribution >= 0.6 is 11.3 Å². The summed E-state index contributed by atoms with van der Waals surface area (Å²) in [6, 6.07) is 19.2. The largest absolute Gasteiger partial charge is 0.455 e. The number of nitrogens with one attached hydrogen (secondary N) is 2. The number of sulfonamides is 1. The second-order valence-corrected chi connectivity index (χ2v) is 8.16. The van der Waals surface area contributed by atoms with Crippen molar-refractivity contribution in [2.45, 2.75) is 4.21 Å². The molecular weight excluding hydrogens is 372 g/mol. The van der Waals surface area contributed by atoms with Crippen LogP contribution in [0.4, 0.5) is 5.69 Å². The SMILES string of the molecule is O=C(CNS(=O)(=O)c1cccs1)Nc1ccccc1Oc1ccccc1. The van der Waals surface area contributed by atoms with Crippen molar-refractivity contribution in [2.24, 2.45) is 0 Å². The smallest absolute Gasteiger partial charge is 0.250 e. The number of para-hydroxylation sites is 3. The van der Waals surface area contributed by atoms with Crippen molar-refractivity contribution in [3.05, 3.63) is 72.1 Å². The highest BCUT2D eigenvalue weighted by molar-refractivity contribution is 7.91. The maximum atomic E-state index is 12.1. The third kappa shape index (κ3) is 4.69. The highest BCUT2D eigenvalue weighted by Gasteiger charge is 2.17. The molecule has 0 saturated carbocycles. The van der Waals surface area contributed by atoms with Crippen molar-refractivity contribution in [1.82, 2.24) is 4.72 Å². The van der Waals surface area contributed by atoms with Gasteiger partial charge in [0, 0.05) is 0 Å². The van der Waals surface area contributed by atoms with Crippen LogP contribution in [0.5, 0.6) is 11.5 Å². The Morgan fingerprint density at radius 3 is 2.42 bits per heavy atom. The zero-order valence-electron chi connectivity index (χ0n) is 13.6.